The van der Waals surface area contributed by atoms with Crippen LogP contribution in [-0.4, -0.2) is 50.9 Å². The van der Waals surface area contributed by atoms with Crippen molar-refractivity contribution in [3.8, 4) is 0 Å². The Hall–Kier alpha value is -5.08. The fraction of sp³-hybridized carbons (Fsp3) is 0.243. The predicted octanol–water partition coefficient (Wildman–Crippen LogP) is 3.43. The largest absolute Gasteiger partial charge is 0.488 e. The second kappa shape index (κ2) is 12.3. The molecular formula is C37H30BClFN3O8. The molecule has 0 spiro atoms. The van der Waals surface area contributed by atoms with Crippen LogP contribution < -0.4 is 15.8 Å². The second-order valence-corrected chi connectivity index (χ2v) is 13.8. The van der Waals surface area contributed by atoms with Crippen molar-refractivity contribution in [1.82, 2.24) is 5.01 Å². The van der Waals surface area contributed by atoms with E-state index in [0.717, 1.165) is 9.91 Å². The van der Waals surface area contributed by atoms with Gasteiger partial charge in [0.15, 0.2) is 0 Å². The Morgan fingerprint density at radius 2 is 1.67 bits per heavy atom. The van der Waals surface area contributed by atoms with Crippen molar-refractivity contribution in [3.05, 3.63) is 125 Å². The molecule has 8 rings (SSSR count). The number of fused-ring (bicyclic) bond motifs is 4. The van der Waals surface area contributed by atoms with E-state index < -0.39 is 78.2 Å². The summed E-state index contributed by atoms with van der Waals surface area (Å²) in [6.07, 6.45) is 2.04. The average Bonchev–Trinajstić information content (AvgIpc) is 3.77. The Bertz CT molecular complexity index is 2120. The summed E-state index contributed by atoms with van der Waals surface area (Å²) in [7, 11) is -1.82. The molecule has 258 valence electrons. The van der Waals surface area contributed by atoms with Gasteiger partial charge in [-0.05, 0) is 90.4 Å². The van der Waals surface area contributed by atoms with Crippen LogP contribution in [0.25, 0.3) is 0 Å². The number of hydrogen-bond donors (Lipinski definition) is 4. The van der Waals surface area contributed by atoms with Crippen molar-refractivity contribution in [2.75, 3.05) is 10.3 Å². The molecule has 1 saturated carbocycles. The molecule has 2 aliphatic heterocycles. The molecule has 3 heterocycles. The number of allylic oxidation sites excluding steroid dienone is 2. The predicted molar refractivity (Wildman–Crippen MR) is 182 cm³/mol. The number of furan rings is 1. The highest BCUT2D eigenvalue weighted by Crippen LogP contribution is 2.64. The minimum atomic E-state index is -1.82. The SMILES string of the molecule is O=C1C2CC3C(=CCC4C(=O)N(c5cccc(B(O)O)c5)C(=O)C43)C(c3ccc(CO)o3)C2(c2ccc(Cl)cc2)C(=O)N1Nc1ccc(F)cc1. The van der Waals surface area contributed by atoms with Crippen LogP contribution in [-0.2, 0) is 31.2 Å². The summed E-state index contributed by atoms with van der Waals surface area (Å²) >= 11 is 6.31. The number of halogens is 2. The molecule has 0 radical (unpaired) electrons. The number of aliphatic hydroxyl groups is 1. The maximum absolute atomic E-state index is 15.1. The number of carbonyl (C=O) groups is 4. The zero-order chi connectivity index (χ0) is 35.8. The number of amides is 4. The highest BCUT2D eigenvalue weighted by molar-refractivity contribution is 6.58. The fourth-order valence-corrected chi connectivity index (χ4v) is 8.80. The van der Waals surface area contributed by atoms with Crippen LogP contribution in [0.1, 0.15) is 35.8 Å². The lowest BCUT2D eigenvalue weighted by atomic mass is 9.50. The van der Waals surface area contributed by atoms with Crippen molar-refractivity contribution < 1.29 is 43.1 Å². The van der Waals surface area contributed by atoms with E-state index in [1.807, 2.05) is 6.08 Å². The Morgan fingerprint density at radius 3 is 2.35 bits per heavy atom. The number of hydrogen-bond acceptors (Lipinski definition) is 9. The van der Waals surface area contributed by atoms with Crippen LogP contribution in [0.5, 0.6) is 0 Å². The van der Waals surface area contributed by atoms with Crippen LogP contribution in [0.4, 0.5) is 15.8 Å². The van der Waals surface area contributed by atoms with E-state index in [0.29, 0.717) is 21.8 Å². The van der Waals surface area contributed by atoms with Gasteiger partial charge in [0.2, 0.25) is 11.8 Å². The molecule has 4 aliphatic rings. The van der Waals surface area contributed by atoms with Gasteiger partial charge >= 0.3 is 7.12 Å². The van der Waals surface area contributed by atoms with Crippen LogP contribution >= 0.6 is 11.6 Å². The maximum Gasteiger partial charge on any atom is 0.488 e. The number of hydrazine groups is 1. The third-order valence-corrected chi connectivity index (χ3v) is 11.1. The number of imide groups is 2. The maximum atomic E-state index is 15.1. The molecule has 4 amide bonds. The summed E-state index contributed by atoms with van der Waals surface area (Å²) < 4.78 is 20.0. The quantitative estimate of drug-likeness (QED) is 0.128. The van der Waals surface area contributed by atoms with Crippen LogP contribution in [0.3, 0.4) is 0 Å². The van der Waals surface area contributed by atoms with Crippen molar-refractivity contribution >= 4 is 59.2 Å². The van der Waals surface area contributed by atoms with E-state index in [2.05, 4.69) is 5.43 Å². The zero-order valence-corrected chi connectivity index (χ0v) is 27.5. The summed E-state index contributed by atoms with van der Waals surface area (Å²) in [6, 6.07) is 21.0. The number of benzene rings is 3. The molecule has 2 aliphatic carbocycles. The summed E-state index contributed by atoms with van der Waals surface area (Å²) in [6.45, 7) is -0.425. The molecule has 3 fully saturated rings. The molecule has 14 heteroatoms. The molecule has 4 N–H and O–H groups in total. The van der Waals surface area contributed by atoms with Crippen LogP contribution in [0, 0.1) is 29.5 Å². The standard InChI is InChI=1S/C37H30BClFN3O8/c39-21-6-4-19(5-7-21)37-29(34(46)43(36(37)48)41-23-10-8-22(40)9-11-23)17-28-26(32(37)30-15-12-25(18-44)51-30)13-14-27-31(28)35(47)42(33(27)45)24-3-1-2-20(16-24)38(49)50/h1-13,15-16,27-29,31-32,41,44,49-50H,14,17-18H2. The molecule has 11 nitrogen and oxygen atoms in total. The molecular weight excluding hydrogens is 680 g/mol. The van der Waals surface area contributed by atoms with Gasteiger partial charge in [-0.25, -0.2) is 4.39 Å². The van der Waals surface area contributed by atoms with Gasteiger partial charge in [-0.3, -0.25) is 29.5 Å². The van der Waals surface area contributed by atoms with Gasteiger partial charge in [-0.15, -0.1) is 0 Å². The third-order valence-electron chi connectivity index (χ3n) is 10.8. The molecule has 3 aromatic carbocycles. The van der Waals surface area contributed by atoms with E-state index in [1.54, 1.807) is 42.5 Å². The third kappa shape index (κ3) is 4.98. The first-order valence-corrected chi connectivity index (χ1v) is 16.8. The first-order chi connectivity index (χ1) is 24.5. The van der Waals surface area contributed by atoms with Gasteiger partial charge in [-0.1, -0.05) is 47.5 Å². The van der Waals surface area contributed by atoms with E-state index in [1.165, 1.54) is 42.5 Å². The molecule has 4 aromatic rings. The summed E-state index contributed by atoms with van der Waals surface area (Å²) in [4.78, 5) is 59.2. The Labute approximate surface area is 296 Å². The number of nitrogens with one attached hydrogen (secondary N) is 1. The minimum Gasteiger partial charge on any atom is -0.463 e. The number of rotatable bonds is 7. The van der Waals surface area contributed by atoms with E-state index in [-0.39, 0.29) is 35.5 Å². The van der Waals surface area contributed by atoms with Crippen molar-refractivity contribution in [2.24, 2.45) is 23.7 Å². The lowest BCUT2D eigenvalue weighted by Gasteiger charge is -2.49. The average molecular weight is 710 g/mol. The van der Waals surface area contributed by atoms with Gasteiger partial charge in [0, 0.05) is 5.02 Å². The Morgan fingerprint density at radius 1 is 0.922 bits per heavy atom. The van der Waals surface area contributed by atoms with Crippen LogP contribution in [0.2, 0.25) is 5.02 Å². The highest BCUT2D eigenvalue weighted by Gasteiger charge is 2.71. The lowest BCUT2D eigenvalue weighted by molar-refractivity contribution is -0.138. The summed E-state index contributed by atoms with van der Waals surface area (Å²) in [5.74, 6) is -6.52. The molecule has 6 atom stereocenters. The van der Waals surface area contributed by atoms with Crippen molar-refractivity contribution in [1.29, 1.82) is 0 Å². The summed E-state index contributed by atoms with van der Waals surface area (Å²) in [5, 5.41) is 30.9. The normalized spacial score (nSPS) is 26.9. The van der Waals surface area contributed by atoms with Crippen molar-refractivity contribution in [2.45, 2.75) is 30.8 Å². The lowest BCUT2D eigenvalue weighted by Crippen LogP contribution is -2.53. The van der Waals surface area contributed by atoms with E-state index in [9.17, 15) is 33.9 Å². The molecule has 0 bridgehead atoms. The molecule has 51 heavy (non-hydrogen) atoms. The number of anilines is 2. The van der Waals surface area contributed by atoms with Gasteiger partial charge in [0.1, 0.15) is 29.4 Å². The molecule has 1 aromatic heterocycles. The van der Waals surface area contributed by atoms with E-state index in [4.69, 9.17) is 16.0 Å². The number of nitrogens with zero attached hydrogens (tertiary/aromatic N) is 2. The first-order valence-electron chi connectivity index (χ1n) is 16.4. The monoisotopic (exact) mass is 709 g/mol. The van der Waals surface area contributed by atoms with Crippen LogP contribution in [0.15, 0.2) is 101 Å². The zero-order valence-electron chi connectivity index (χ0n) is 26.8. The van der Waals surface area contributed by atoms with Crippen molar-refractivity contribution in [3.63, 3.8) is 0 Å². The van der Waals surface area contributed by atoms with Gasteiger partial charge in [0.25, 0.3) is 11.8 Å². The fourth-order valence-electron chi connectivity index (χ4n) is 8.68. The van der Waals surface area contributed by atoms with Gasteiger partial charge < -0.3 is 19.6 Å². The smallest absolute Gasteiger partial charge is 0.463 e. The first kappa shape index (κ1) is 33.1. The Kier molecular flexibility index (Phi) is 7.98. The second-order valence-electron chi connectivity index (χ2n) is 13.3. The Balaban J connectivity index is 1.29. The summed E-state index contributed by atoms with van der Waals surface area (Å²) in [5.41, 5.74) is 2.97. The number of carbonyl (C=O) groups excluding carboxylic acids is 4. The molecule has 2 saturated heterocycles. The number of aliphatic hydroxyl groups excluding tert-OH is 1. The van der Waals surface area contributed by atoms with E-state index >= 15 is 4.79 Å². The van der Waals surface area contributed by atoms with Gasteiger partial charge in [0.05, 0.1) is 35.0 Å². The van der Waals surface area contributed by atoms with Gasteiger partial charge in [-0.2, -0.15) is 5.01 Å². The topological polar surface area (TPSA) is 161 Å². The highest BCUT2D eigenvalue weighted by atomic mass is 35.5. The minimum absolute atomic E-state index is 0.0219. The molecule has 6 unspecified atom stereocenters.